The average Bonchev–Trinajstić information content (AvgIpc) is 3.08. The van der Waals surface area contributed by atoms with Gasteiger partial charge >= 0.3 is 0 Å². The van der Waals surface area contributed by atoms with Crippen LogP contribution in [0, 0.1) is 5.92 Å². The lowest BCUT2D eigenvalue weighted by molar-refractivity contribution is -0.122. The zero-order valence-electron chi connectivity index (χ0n) is 13.2. The summed E-state index contributed by atoms with van der Waals surface area (Å²) in [5.74, 6) is -3.81. The Morgan fingerprint density at radius 2 is 2.17 bits per heavy atom. The maximum Gasteiger partial charge on any atom is 0.264 e. The van der Waals surface area contributed by atoms with Crippen molar-refractivity contribution in [3.05, 3.63) is 48.3 Å². The Hall–Kier alpha value is -2.28. The molecule has 1 aromatic carbocycles. The highest BCUT2D eigenvalue weighted by Gasteiger charge is 2.41. The second-order valence-electron chi connectivity index (χ2n) is 6.02. The van der Waals surface area contributed by atoms with E-state index < -0.39 is 11.8 Å². The summed E-state index contributed by atoms with van der Waals surface area (Å²) in [6.45, 7) is 0.256. The van der Waals surface area contributed by atoms with Crippen molar-refractivity contribution in [1.29, 1.82) is 0 Å². The summed E-state index contributed by atoms with van der Waals surface area (Å²) in [6, 6.07) is 9.26. The van der Waals surface area contributed by atoms with Gasteiger partial charge in [0.15, 0.2) is 0 Å². The van der Waals surface area contributed by atoms with Crippen LogP contribution in [0.4, 0.5) is 8.78 Å². The number of piperidine rings is 1. The topological polar surface area (TPSA) is 59.0 Å². The van der Waals surface area contributed by atoms with Crippen LogP contribution in [0.15, 0.2) is 42.7 Å². The summed E-state index contributed by atoms with van der Waals surface area (Å²) in [5.41, 5.74) is 1.74. The second-order valence-corrected chi connectivity index (χ2v) is 6.02. The van der Waals surface area contributed by atoms with E-state index in [4.69, 9.17) is 0 Å². The normalized spacial score (nSPS) is 19.8. The highest BCUT2D eigenvalue weighted by molar-refractivity contribution is 5.78. The predicted molar refractivity (Wildman–Crippen MR) is 86.2 cm³/mol. The van der Waals surface area contributed by atoms with Crippen LogP contribution >= 0.6 is 0 Å². The van der Waals surface area contributed by atoms with E-state index in [9.17, 15) is 13.6 Å². The number of carbonyl (C=O) groups excluding carboxylic acids is 1. The lowest BCUT2D eigenvalue weighted by Crippen LogP contribution is -2.50. The van der Waals surface area contributed by atoms with E-state index in [1.807, 2.05) is 36.5 Å². The first kappa shape index (κ1) is 16.6. The van der Waals surface area contributed by atoms with Crippen molar-refractivity contribution in [3.63, 3.8) is 0 Å². The smallest absolute Gasteiger partial charge is 0.264 e. The quantitative estimate of drug-likeness (QED) is 0.876. The molecule has 0 saturated carbocycles. The van der Waals surface area contributed by atoms with Crippen molar-refractivity contribution in [2.45, 2.75) is 18.8 Å². The van der Waals surface area contributed by atoms with Crippen molar-refractivity contribution in [2.75, 3.05) is 19.6 Å². The molecule has 1 amide bonds. The molecule has 0 bridgehead atoms. The third kappa shape index (κ3) is 3.97. The lowest BCUT2D eigenvalue weighted by atomic mass is 9.94. The number of alkyl halides is 2. The van der Waals surface area contributed by atoms with Gasteiger partial charge in [-0.2, -0.15) is 5.10 Å². The number of hydrogen-bond acceptors (Lipinski definition) is 3. The van der Waals surface area contributed by atoms with Crippen molar-refractivity contribution in [3.8, 4) is 5.69 Å². The largest absolute Gasteiger partial charge is 0.355 e. The fourth-order valence-electron chi connectivity index (χ4n) is 2.81. The van der Waals surface area contributed by atoms with Gasteiger partial charge in [0, 0.05) is 24.9 Å². The third-order valence-electron chi connectivity index (χ3n) is 4.24. The number of hydrogen-bond donors (Lipinski definition) is 2. The van der Waals surface area contributed by atoms with Crippen LogP contribution in [-0.2, 0) is 11.2 Å². The Balaban J connectivity index is 1.51. The van der Waals surface area contributed by atoms with Crippen molar-refractivity contribution in [2.24, 2.45) is 5.92 Å². The lowest BCUT2D eigenvalue weighted by Gasteiger charge is -2.31. The minimum atomic E-state index is -2.77. The Kier molecular flexibility index (Phi) is 4.89. The maximum atomic E-state index is 13.7. The van der Waals surface area contributed by atoms with Crippen molar-refractivity contribution < 1.29 is 13.6 Å². The Morgan fingerprint density at radius 1 is 1.38 bits per heavy atom. The van der Waals surface area contributed by atoms with Gasteiger partial charge in [-0.05, 0) is 36.7 Å². The Bertz CT molecular complexity index is 670. The van der Waals surface area contributed by atoms with Gasteiger partial charge in [-0.15, -0.1) is 0 Å². The zero-order chi connectivity index (χ0) is 17.0. The van der Waals surface area contributed by atoms with Crippen LogP contribution in [0.5, 0.6) is 0 Å². The molecule has 0 aliphatic carbocycles. The Morgan fingerprint density at radius 3 is 2.83 bits per heavy atom. The monoisotopic (exact) mass is 334 g/mol. The molecule has 1 aromatic heterocycles. The number of carbonyl (C=O) groups is 1. The van der Waals surface area contributed by atoms with Gasteiger partial charge in [0.1, 0.15) is 0 Å². The van der Waals surface area contributed by atoms with Crippen LogP contribution in [0.3, 0.4) is 0 Å². The van der Waals surface area contributed by atoms with Crippen molar-refractivity contribution >= 4 is 5.91 Å². The highest BCUT2D eigenvalue weighted by atomic mass is 19.3. The van der Waals surface area contributed by atoms with Crippen LogP contribution in [-0.4, -0.2) is 41.2 Å². The number of nitrogens with one attached hydrogen (secondary N) is 2. The van der Waals surface area contributed by atoms with Gasteiger partial charge in [0.05, 0.1) is 18.7 Å². The minimum Gasteiger partial charge on any atom is -0.355 e. The minimum absolute atomic E-state index is 0.0128. The zero-order valence-corrected chi connectivity index (χ0v) is 13.2. The molecular weight excluding hydrogens is 314 g/mol. The van der Waals surface area contributed by atoms with Crippen LogP contribution in [0.25, 0.3) is 5.69 Å². The molecule has 2 heterocycles. The average molecular weight is 334 g/mol. The first-order valence-electron chi connectivity index (χ1n) is 7.99. The standard InChI is InChI=1S/C17H20F2N4O/c18-17(19)12-20-8-6-14(17)11-21-16(24)10-13-2-4-15(5-3-13)23-9-1-7-22-23/h1-5,7,9,14,20H,6,8,10-12H2,(H,21,24). The van der Waals surface area contributed by atoms with Crippen LogP contribution < -0.4 is 10.6 Å². The SMILES string of the molecule is O=C(Cc1ccc(-n2cccn2)cc1)NCC1CCNCC1(F)F. The number of benzene rings is 1. The number of nitrogens with zero attached hydrogens (tertiary/aromatic N) is 2. The number of rotatable bonds is 5. The number of amides is 1. The summed E-state index contributed by atoms with van der Waals surface area (Å²) in [7, 11) is 0. The number of halogens is 2. The summed E-state index contributed by atoms with van der Waals surface area (Å²) in [4.78, 5) is 12.0. The predicted octanol–water partition coefficient (Wildman–Crippen LogP) is 1.78. The summed E-state index contributed by atoms with van der Waals surface area (Å²) in [6.07, 6.45) is 4.07. The van der Waals surface area contributed by atoms with Gasteiger partial charge in [-0.1, -0.05) is 12.1 Å². The molecule has 1 unspecified atom stereocenters. The van der Waals surface area contributed by atoms with Gasteiger partial charge in [0.2, 0.25) is 5.91 Å². The van der Waals surface area contributed by atoms with Gasteiger partial charge in [-0.25, -0.2) is 13.5 Å². The van der Waals surface area contributed by atoms with E-state index in [2.05, 4.69) is 15.7 Å². The molecule has 1 atom stereocenters. The second kappa shape index (κ2) is 7.09. The maximum absolute atomic E-state index is 13.7. The van der Waals surface area contributed by atoms with E-state index in [0.717, 1.165) is 11.3 Å². The number of aromatic nitrogens is 2. The summed E-state index contributed by atoms with van der Waals surface area (Å²) in [5, 5.41) is 9.45. The molecule has 0 spiro atoms. The first-order valence-corrected chi connectivity index (χ1v) is 7.99. The molecule has 128 valence electrons. The first-order chi connectivity index (χ1) is 11.5. The van der Waals surface area contributed by atoms with E-state index in [-0.39, 0.29) is 25.4 Å². The molecule has 2 N–H and O–H groups in total. The molecule has 24 heavy (non-hydrogen) atoms. The molecule has 1 saturated heterocycles. The molecular formula is C17H20F2N4O. The molecule has 1 aliphatic rings. The highest BCUT2D eigenvalue weighted by Crippen LogP contribution is 2.28. The molecule has 1 fully saturated rings. The molecule has 2 aromatic rings. The van der Waals surface area contributed by atoms with Gasteiger partial charge in [0.25, 0.3) is 5.92 Å². The molecule has 5 nitrogen and oxygen atoms in total. The van der Waals surface area contributed by atoms with Gasteiger partial charge in [-0.3, -0.25) is 4.79 Å². The summed E-state index contributed by atoms with van der Waals surface area (Å²) >= 11 is 0. The summed E-state index contributed by atoms with van der Waals surface area (Å²) < 4.78 is 29.1. The Labute approximate surface area is 139 Å². The third-order valence-corrected chi connectivity index (χ3v) is 4.24. The van der Waals surface area contributed by atoms with E-state index >= 15 is 0 Å². The molecule has 7 heteroatoms. The van der Waals surface area contributed by atoms with E-state index in [1.54, 1.807) is 10.9 Å². The van der Waals surface area contributed by atoms with E-state index in [0.29, 0.717) is 13.0 Å². The van der Waals surface area contributed by atoms with Crippen molar-refractivity contribution in [1.82, 2.24) is 20.4 Å². The van der Waals surface area contributed by atoms with Crippen LogP contribution in [0.1, 0.15) is 12.0 Å². The molecule has 1 aliphatic heterocycles. The molecule has 0 radical (unpaired) electrons. The van der Waals surface area contributed by atoms with Crippen LogP contribution in [0.2, 0.25) is 0 Å². The van der Waals surface area contributed by atoms with E-state index in [1.165, 1.54) is 0 Å². The fraction of sp³-hybridized carbons (Fsp3) is 0.412. The molecule has 3 rings (SSSR count). The van der Waals surface area contributed by atoms with Gasteiger partial charge < -0.3 is 10.6 Å². The fourth-order valence-corrected chi connectivity index (χ4v) is 2.81.